The third-order valence-electron chi connectivity index (χ3n) is 6.64. The number of thioether (sulfide) groups is 1. The van der Waals surface area contributed by atoms with Crippen LogP contribution >= 0.6 is 11.8 Å². The Balaban J connectivity index is 1.35. The minimum absolute atomic E-state index is 0.00706. The van der Waals surface area contributed by atoms with Crippen LogP contribution in [-0.2, 0) is 15.0 Å². The van der Waals surface area contributed by atoms with Crippen LogP contribution in [-0.4, -0.2) is 58.8 Å². The number of carbonyl (C=O) groups excluding carboxylic acids is 1. The number of halogens is 2. The Kier molecular flexibility index (Phi) is 6.14. The molecular formula is C23H25F2N5O4S. The quantitative estimate of drug-likeness (QED) is 0.562. The van der Waals surface area contributed by atoms with Gasteiger partial charge < -0.3 is 25.3 Å². The maximum atomic E-state index is 15.0. The second-order valence-electron chi connectivity index (χ2n) is 9.06. The number of benzene rings is 1. The summed E-state index contributed by atoms with van der Waals surface area (Å²) in [5.74, 6) is -2.60. The van der Waals surface area contributed by atoms with Crippen molar-refractivity contribution in [3.63, 3.8) is 0 Å². The van der Waals surface area contributed by atoms with E-state index in [9.17, 15) is 9.18 Å². The lowest BCUT2D eigenvalue weighted by Crippen LogP contribution is -2.38. The number of nitrogens with two attached hydrogens (primary N) is 1. The highest BCUT2D eigenvalue weighted by atomic mass is 32.2. The van der Waals surface area contributed by atoms with E-state index in [2.05, 4.69) is 20.3 Å². The summed E-state index contributed by atoms with van der Waals surface area (Å²) >= 11 is 1.40. The average Bonchev–Trinajstić information content (AvgIpc) is 3.50. The summed E-state index contributed by atoms with van der Waals surface area (Å²) in [5, 5.41) is 2.85. The fraction of sp³-hybridized carbons (Fsp3) is 0.478. The van der Waals surface area contributed by atoms with Gasteiger partial charge in [0.05, 0.1) is 35.4 Å². The van der Waals surface area contributed by atoms with E-state index < -0.39 is 23.1 Å². The number of nitrogens with zero attached hydrogens (tertiary/aromatic N) is 3. The van der Waals surface area contributed by atoms with Gasteiger partial charge in [-0.2, -0.15) is 0 Å². The maximum Gasteiger partial charge on any atom is 0.275 e. The van der Waals surface area contributed by atoms with Gasteiger partial charge >= 0.3 is 0 Å². The van der Waals surface area contributed by atoms with Crippen molar-refractivity contribution in [1.82, 2.24) is 9.97 Å². The summed E-state index contributed by atoms with van der Waals surface area (Å²) < 4.78 is 45.4. The molecule has 12 heteroatoms. The van der Waals surface area contributed by atoms with E-state index in [-0.39, 0.29) is 44.8 Å². The van der Waals surface area contributed by atoms with Gasteiger partial charge in [0.1, 0.15) is 12.3 Å². The molecule has 9 nitrogen and oxygen atoms in total. The zero-order chi connectivity index (χ0) is 24.8. The van der Waals surface area contributed by atoms with Crippen LogP contribution in [0.5, 0.6) is 5.88 Å². The van der Waals surface area contributed by atoms with Crippen molar-refractivity contribution in [2.75, 3.05) is 32.2 Å². The molecule has 3 aliphatic rings. The molecule has 1 amide bonds. The first kappa shape index (κ1) is 23.9. The van der Waals surface area contributed by atoms with E-state index in [1.165, 1.54) is 30.2 Å². The second-order valence-corrected chi connectivity index (χ2v) is 10.5. The largest absolute Gasteiger partial charge is 0.474 e. The number of nitrogens with one attached hydrogen (secondary N) is 1. The molecule has 1 aliphatic carbocycles. The van der Waals surface area contributed by atoms with Crippen molar-refractivity contribution in [3.05, 3.63) is 47.4 Å². The Morgan fingerprint density at radius 3 is 2.80 bits per heavy atom. The average molecular weight is 506 g/mol. The number of methoxy groups -OCH3 is 1. The summed E-state index contributed by atoms with van der Waals surface area (Å²) in [7, 11) is 1.59. The van der Waals surface area contributed by atoms with Gasteiger partial charge in [-0.25, -0.2) is 18.7 Å². The molecule has 2 fully saturated rings. The number of ether oxygens (including phenoxy) is 3. The number of hydrogen-bond acceptors (Lipinski definition) is 9. The summed E-state index contributed by atoms with van der Waals surface area (Å²) in [4.78, 5) is 25.3. The Hall–Kier alpha value is -2.83. The third kappa shape index (κ3) is 4.45. The monoisotopic (exact) mass is 505 g/mol. The molecule has 0 spiro atoms. The number of carbonyl (C=O) groups is 1. The van der Waals surface area contributed by atoms with Gasteiger partial charge in [-0.3, -0.25) is 9.79 Å². The van der Waals surface area contributed by atoms with Crippen molar-refractivity contribution in [1.29, 1.82) is 0 Å². The standard InChI is InChI=1S/C23H25F2N5O4S/c1-22(17-7-23(17,11-32-2)35-21(26)30-22)14-5-12(6-15(24)19(14)25)29-20(31)16-8-28-18(9-27-16)34-10-13-3-4-33-13/h5-6,8-9,13,17H,3-4,7,10-11H2,1-2H3,(H2,26,30)(H,29,31)/t13?,17-,22+,23+/m0/s1. The summed E-state index contributed by atoms with van der Waals surface area (Å²) in [6, 6.07) is 2.31. The number of fused-ring (bicyclic) bond motifs is 1. The van der Waals surface area contributed by atoms with Crippen LogP contribution in [0.3, 0.4) is 0 Å². The molecular weight excluding hydrogens is 480 g/mol. The van der Waals surface area contributed by atoms with Crippen LogP contribution in [0, 0.1) is 17.6 Å². The van der Waals surface area contributed by atoms with Crippen molar-refractivity contribution in [2.45, 2.75) is 36.2 Å². The molecule has 1 saturated heterocycles. The number of aromatic nitrogens is 2. The molecule has 1 aromatic heterocycles. The van der Waals surface area contributed by atoms with E-state index in [1.807, 2.05) is 0 Å². The van der Waals surface area contributed by atoms with Crippen molar-refractivity contribution >= 4 is 28.5 Å². The Morgan fingerprint density at radius 1 is 1.34 bits per heavy atom. The molecule has 2 aromatic rings. The van der Waals surface area contributed by atoms with Gasteiger partial charge in [-0.15, -0.1) is 0 Å². The smallest absolute Gasteiger partial charge is 0.275 e. The predicted molar refractivity (Wildman–Crippen MR) is 125 cm³/mol. The number of amidine groups is 1. The summed E-state index contributed by atoms with van der Waals surface area (Å²) in [6.07, 6.45) is 4.24. The highest BCUT2D eigenvalue weighted by Crippen LogP contribution is 2.66. The van der Waals surface area contributed by atoms with Crippen molar-refractivity contribution < 1.29 is 27.8 Å². The normalized spacial score (nSPS) is 29.0. The zero-order valence-corrected chi connectivity index (χ0v) is 20.0. The lowest BCUT2D eigenvalue weighted by Gasteiger charge is -2.34. The van der Waals surface area contributed by atoms with Crippen LogP contribution in [0.25, 0.3) is 0 Å². The Labute approximate surface area is 204 Å². The first-order valence-electron chi connectivity index (χ1n) is 11.1. The van der Waals surface area contributed by atoms with E-state index in [0.717, 1.165) is 19.1 Å². The van der Waals surface area contributed by atoms with Crippen LogP contribution in [0.4, 0.5) is 14.5 Å². The molecule has 2 aliphatic heterocycles. The van der Waals surface area contributed by atoms with Gasteiger partial charge in [0.15, 0.2) is 16.8 Å². The summed E-state index contributed by atoms with van der Waals surface area (Å²) in [5.41, 5.74) is 5.04. The molecule has 5 rings (SSSR count). The fourth-order valence-corrected chi connectivity index (χ4v) is 6.11. The molecule has 3 heterocycles. The van der Waals surface area contributed by atoms with E-state index >= 15 is 4.39 Å². The van der Waals surface area contributed by atoms with Gasteiger partial charge in [-0.1, -0.05) is 11.8 Å². The van der Waals surface area contributed by atoms with Crippen LogP contribution in [0.15, 0.2) is 29.5 Å². The van der Waals surface area contributed by atoms with E-state index in [1.54, 1.807) is 14.0 Å². The number of hydrogen-bond donors (Lipinski definition) is 2. The number of aliphatic imine (C=N–C) groups is 1. The third-order valence-corrected chi connectivity index (χ3v) is 7.92. The first-order valence-corrected chi connectivity index (χ1v) is 12.0. The van der Waals surface area contributed by atoms with Gasteiger partial charge in [-0.05, 0) is 19.4 Å². The molecule has 0 bridgehead atoms. The number of rotatable bonds is 8. The first-order chi connectivity index (χ1) is 16.7. The molecule has 4 atom stereocenters. The van der Waals surface area contributed by atoms with Gasteiger partial charge in [0, 0.05) is 43.4 Å². The minimum atomic E-state index is -1.11. The maximum absolute atomic E-state index is 15.0. The fourth-order valence-electron chi connectivity index (χ4n) is 4.66. The molecule has 1 aromatic carbocycles. The molecule has 0 radical (unpaired) electrons. The molecule has 186 valence electrons. The van der Waals surface area contributed by atoms with Crippen LogP contribution in [0.1, 0.15) is 35.8 Å². The predicted octanol–water partition coefficient (Wildman–Crippen LogP) is 2.86. The van der Waals surface area contributed by atoms with E-state index in [4.69, 9.17) is 19.9 Å². The van der Waals surface area contributed by atoms with Crippen molar-refractivity contribution in [3.8, 4) is 5.88 Å². The minimum Gasteiger partial charge on any atom is -0.474 e. The molecule has 1 saturated carbocycles. The SMILES string of the molecule is COC[C@]12C[C@H]1[C@@](C)(c1cc(NC(=O)c3cnc(OCC4CCO4)cn3)cc(F)c1F)N=C(N)S2. The van der Waals surface area contributed by atoms with Gasteiger partial charge in [0.25, 0.3) is 5.91 Å². The summed E-state index contributed by atoms with van der Waals surface area (Å²) in [6.45, 7) is 3.22. The molecule has 3 N–H and O–H groups in total. The second kappa shape index (κ2) is 8.99. The van der Waals surface area contributed by atoms with Crippen molar-refractivity contribution in [2.24, 2.45) is 16.6 Å². The van der Waals surface area contributed by atoms with E-state index in [0.29, 0.717) is 19.6 Å². The number of amides is 1. The van der Waals surface area contributed by atoms with Crippen LogP contribution in [0.2, 0.25) is 0 Å². The zero-order valence-electron chi connectivity index (χ0n) is 19.2. The number of anilines is 1. The molecule has 35 heavy (non-hydrogen) atoms. The Morgan fingerprint density at radius 2 is 2.14 bits per heavy atom. The Bertz CT molecular complexity index is 1180. The van der Waals surface area contributed by atoms with Crippen LogP contribution < -0.4 is 15.8 Å². The molecule has 1 unspecified atom stereocenters. The topological polar surface area (TPSA) is 121 Å². The highest BCUT2D eigenvalue weighted by Gasteiger charge is 2.66. The highest BCUT2D eigenvalue weighted by molar-refractivity contribution is 8.15. The lowest BCUT2D eigenvalue weighted by atomic mass is 9.85. The van der Waals surface area contributed by atoms with Gasteiger partial charge in [0.2, 0.25) is 5.88 Å². The lowest BCUT2D eigenvalue weighted by molar-refractivity contribution is -0.0727.